The number of aromatic nitrogens is 2. The minimum atomic E-state index is -0.426. The summed E-state index contributed by atoms with van der Waals surface area (Å²) in [4.78, 5) is 18.8. The van der Waals surface area contributed by atoms with Gasteiger partial charge in [0.15, 0.2) is 0 Å². The highest BCUT2D eigenvalue weighted by Crippen LogP contribution is 2.18. The first-order valence-corrected chi connectivity index (χ1v) is 5.42. The van der Waals surface area contributed by atoms with Crippen LogP contribution in [0.15, 0.2) is 36.5 Å². The molecule has 2 heterocycles. The van der Waals surface area contributed by atoms with Gasteiger partial charge in [-0.2, -0.15) is 0 Å². The van der Waals surface area contributed by atoms with E-state index >= 15 is 0 Å². The molecule has 0 aliphatic rings. The van der Waals surface area contributed by atoms with Crippen LogP contribution in [0.2, 0.25) is 0 Å². The zero-order valence-corrected chi connectivity index (χ0v) is 9.83. The lowest BCUT2D eigenvalue weighted by atomic mass is 10.2. The Kier molecular flexibility index (Phi) is 3.47. The van der Waals surface area contributed by atoms with E-state index in [9.17, 15) is 10.1 Å². The van der Waals surface area contributed by atoms with Crippen molar-refractivity contribution in [3.8, 4) is 0 Å². The molecule has 0 aromatic carbocycles. The van der Waals surface area contributed by atoms with Crippen LogP contribution in [-0.2, 0) is 6.42 Å². The van der Waals surface area contributed by atoms with E-state index in [0.29, 0.717) is 17.9 Å². The van der Waals surface area contributed by atoms with Gasteiger partial charge in [0.05, 0.1) is 16.7 Å². The number of nitrogens with zero attached hydrogens (tertiary/aromatic N) is 3. The summed E-state index contributed by atoms with van der Waals surface area (Å²) in [6.45, 7) is 0. The zero-order chi connectivity index (χ0) is 13.0. The van der Waals surface area contributed by atoms with Crippen LogP contribution < -0.4 is 5.32 Å². The Morgan fingerprint density at radius 2 is 2.17 bits per heavy atom. The van der Waals surface area contributed by atoms with Crippen molar-refractivity contribution in [1.82, 2.24) is 9.97 Å². The molecule has 2 aromatic rings. The molecule has 0 unspecified atom stereocenters. The smallest absolute Gasteiger partial charge is 0.274 e. The van der Waals surface area contributed by atoms with Gasteiger partial charge in [-0.05, 0) is 12.1 Å². The van der Waals surface area contributed by atoms with Gasteiger partial charge in [-0.3, -0.25) is 15.1 Å². The van der Waals surface area contributed by atoms with Crippen LogP contribution in [-0.4, -0.2) is 21.9 Å². The predicted octanol–water partition coefficient (Wildman–Crippen LogP) is 2.02. The van der Waals surface area contributed by atoms with Crippen molar-refractivity contribution >= 4 is 11.5 Å². The number of rotatable bonds is 4. The predicted molar refractivity (Wildman–Crippen MR) is 67.5 cm³/mol. The second-order valence-corrected chi connectivity index (χ2v) is 3.71. The zero-order valence-electron chi connectivity index (χ0n) is 9.83. The molecule has 92 valence electrons. The number of nitrogens with one attached hydrogen (secondary N) is 1. The van der Waals surface area contributed by atoms with E-state index in [4.69, 9.17) is 0 Å². The van der Waals surface area contributed by atoms with Crippen LogP contribution in [0.1, 0.15) is 11.4 Å². The van der Waals surface area contributed by atoms with Crippen LogP contribution in [0.3, 0.4) is 0 Å². The van der Waals surface area contributed by atoms with E-state index in [1.165, 1.54) is 12.1 Å². The largest absolute Gasteiger partial charge is 0.373 e. The summed E-state index contributed by atoms with van der Waals surface area (Å²) in [5.41, 5.74) is 1.47. The molecular weight excluding hydrogens is 232 g/mol. The Morgan fingerprint density at radius 1 is 1.33 bits per heavy atom. The van der Waals surface area contributed by atoms with Gasteiger partial charge in [-0.15, -0.1) is 0 Å². The van der Waals surface area contributed by atoms with Crippen molar-refractivity contribution in [2.75, 3.05) is 12.4 Å². The van der Waals surface area contributed by atoms with E-state index in [0.717, 1.165) is 5.69 Å². The van der Waals surface area contributed by atoms with Gasteiger partial charge in [0.25, 0.3) is 5.69 Å². The first kappa shape index (κ1) is 12.0. The highest BCUT2D eigenvalue weighted by Gasteiger charge is 2.11. The van der Waals surface area contributed by atoms with E-state index in [-0.39, 0.29) is 5.69 Å². The van der Waals surface area contributed by atoms with Crippen molar-refractivity contribution in [2.24, 2.45) is 0 Å². The fourth-order valence-corrected chi connectivity index (χ4v) is 1.58. The lowest BCUT2D eigenvalue weighted by Crippen LogP contribution is -2.01. The molecule has 6 heteroatoms. The van der Waals surface area contributed by atoms with Crippen molar-refractivity contribution in [3.05, 3.63) is 58.0 Å². The fourth-order valence-electron chi connectivity index (χ4n) is 1.58. The second-order valence-electron chi connectivity index (χ2n) is 3.71. The number of hydrogen-bond donors (Lipinski definition) is 1. The maximum atomic E-state index is 10.8. The summed E-state index contributed by atoms with van der Waals surface area (Å²) in [5, 5.41) is 13.6. The molecule has 0 aliphatic carbocycles. The third-order valence-corrected chi connectivity index (χ3v) is 2.42. The van der Waals surface area contributed by atoms with Crippen molar-refractivity contribution in [3.63, 3.8) is 0 Å². The topological polar surface area (TPSA) is 81.0 Å². The molecule has 2 rings (SSSR count). The molecule has 0 spiro atoms. The standard InChI is InChI=1S/C12H12N4O2/c1-13-12-8-11(16(17)18)7-10(15-12)6-9-4-2-3-5-14-9/h2-5,7-8H,6H2,1H3,(H,13,15). The molecular formula is C12H12N4O2. The lowest BCUT2D eigenvalue weighted by molar-refractivity contribution is -0.384. The van der Waals surface area contributed by atoms with Gasteiger partial charge >= 0.3 is 0 Å². The first-order valence-electron chi connectivity index (χ1n) is 5.42. The highest BCUT2D eigenvalue weighted by molar-refractivity contribution is 5.46. The number of anilines is 1. The highest BCUT2D eigenvalue weighted by atomic mass is 16.6. The van der Waals surface area contributed by atoms with Crippen molar-refractivity contribution < 1.29 is 4.92 Å². The minimum Gasteiger partial charge on any atom is -0.373 e. The Morgan fingerprint density at radius 3 is 2.78 bits per heavy atom. The van der Waals surface area contributed by atoms with Gasteiger partial charge in [0.2, 0.25) is 0 Å². The molecule has 0 amide bonds. The Balaban J connectivity index is 2.32. The van der Waals surface area contributed by atoms with Crippen LogP contribution >= 0.6 is 0 Å². The SMILES string of the molecule is CNc1cc([N+](=O)[O-])cc(Cc2ccccn2)n1. The van der Waals surface area contributed by atoms with Gasteiger partial charge in [-0.1, -0.05) is 6.07 Å². The summed E-state index contributed by atoms with van der Waals surface area (Å²) >= 11 is 0. The van der Waals surface area contributed by atoms with Crippen molar-refractivity contribution in [2.45, 2.75) is 6.42 Å². The number of hydrogen-bond acceptors (Lipinski definition) is 5. The summed E-state index contributed by atoms with van der Waals surface area (Å²) in [6.07, 6.45) is 2.16. The van der Waals surface area contributed by atoms with Gasteiger partial charge in [0, 0.05) is 31.4 Å². The third-order valence-electron chi connectivity index (χ3n) is 2.42. The monoisotopic (exact) mass is 244 g/mol. The Hall–Kier alpha value is -2.50. The van der Waals surface area contributed by atoms with Crippen molar-refractivity contribution in [1.29, 1.82) is 0 Å². The fraction of sp³-hybridized carbons (Fsp3) is 0.167. The van der Waals surface area contributed by atoms with E-state index < -0.39 is 4.92 Å². The van der Waals surface area contributed by atoms with Gasteiger partial charge in [-0.25, -0.2) is 4.98 Å². The molecule has 0 bridgehead atoms. The maximum absolute atomic E-state index is 10.8. The quantitative estimate of drug-likeness (QED) is 0.657. The van der Waals surface area contributed by atoms with Crippen LogP contribution in [0.5, 0.6) is 0 Å². The molecule has 0 aliphatic heterocycles. The molecule has 0 saturated carbocycles. The van der Waals surface area contributed by atoms with Crippen LogP contribution in [0.25, 0.3) is 0 Å². The lowest BCUT2D eigenvalue weighted by Gasteiger charge is -2.04. The average Bonchev–Trinajstić information content (AvgIpc) is 2.39. The molecule has 0 saturated heterocycles. The summed E-state index contributed by atoms with van der Waals surface area (Å²) in [7, 11) is 1.68. The summed E-state index contributed by atoms with van der Waals surface area (Å²) < 4.78 is 0. The Bertz CT molecular complexity index is 557. The normalized spacial score (nSPS) is 10.1. The molecule has 2 aromatic heterocycles. The van der Waals surface area contributed by atoms with Gasteiger partial charge < -0.3 is 5.32 Å². The van der Waals surface area contributed by atoms with Crippen LogP contribution in [0.4, 0.5) is 11.5 Å². The minimum absolute atomic E-state index is 0.0280. The van der Waals surface area contributed by atoms with E-state index in [2.05, 4.69) is 15.3 Å². The van der Waals surface area contributed by atoms with E-state index in [1.807, 2.05) is 18.2 Å². The molecule has 18 heavy (non-hydrogen) atoms. The summed E-state index contributed by atoms with van der Waals surface area (Å²) in [6, 6.07) is 8.43. The molecule has 1 N–H and O–H groups in total. The third kappa shape index (κ3) is 2.79. The van der Waals surface area contributed by atoms with Gasteiger partial charge in [0.1, 0.15) is 5.82 Å². The molecule has 6 nitrogen and oxygen atoms in total. The Labute approximate surface area is 104 Å². The average molecular weight is 244 g/mol. The summed E-state index contributed by atoms with van der Waals surface area (Å²) in [5.74, 6) is 0.482. The molecule has 0 radical (unpaired) electrons. The number of nitro groups is 1. The first-order chi connectivity index (χ1) is 8.69. The molecule has 0 atom stereocenters. The second kappa shape index (κ2) is 5.22. The van der Waals surface area contributed by atoms with E-state index in [1.54, 1.807) is 13.2 Å². The molecule has 0 fully saturated rings. The van der Waals surface area contributed by atoms with Crippen LogP contribution in [0, 0.1) is 10.1 Å². The maximum Gasteiger partial charge on any atom is 0.274 e. The number of pyridine rings is 2.